The number of carbonyl (C=O) groups is 1. The summed E-state index contributed by atoms with van der Waals surface area (Å²) >= 11 is 0. The molecule has 102 valence electrons. The van der Waals surface area contributed by atoms with Gasteiger partial charge in [0.15, 0.2) is 0 Å². The lowest BCUT2D eigenvalue weighted by atomic mass is 9.90. The highest BCUT2D eigenvalue weighted by molar-refractivity contribution is 5.95. The van der Waals surface area contributed by atoms with Gasteiger partial charge in [0.05, 0.1) is 5.56 Å². The number of hydrogen-bond donors (Lipinski definition) is 0. The second kappa shape index (κ2) is 4.95. The molecule has 0 unspecified atom stereocenters. The van der Waals surface area contributed by atoms with Gasteiger partial charge in [0, 0.05) is 12.6 Å². The number of benzene rings is 1. The van der Waals surface area contributed by atoms with Gasteiger partial charge < -0.3 is 4.90 Å². The van der Waals surface area contributed by atoms with E-state index >= 15 is 0 Å². The first kappa shape index (κ1) is 12.6. The van der Waals surface area contributed by atoms with Crippen LogP contribution < -0.4 is 0 Å². The fraction of sp³-hybridized carbons (Fsp3) is 0.562. The van der Waals surface area contributed by atoms with E-state index in [9.17, 15) is 9.18 Å². The number of amides is 1. The topological polar surface area (TPSA) is 20.3 Å². The molecule has 19 heavy (non-hydrogen) atoms. The molecule has 0 radical (unpaired) electrons. The molecule has 0 saturated heterocycles. The van der Waals surface area contributed by atoms with Gasteiger partial charge in [-0.05, 0) is 57.1 Å². The summed E-state index contributed by atoms with van der Waals surface area (Å²) < 4.78 is 13.9. The molecule has 2 aliphatic carbocycles. The van der Waals surface area contributed by atoms with Crippen LogP contribution in [0.25, 0.3) is 0 Å². The van der Waals surface area contributed by atoms with Crippen molar-refractivity contribution in [2.45, 2.75) is 45.1 Å². The maximum absolute atomic E-state index is 13.9. The Hall–Kier alpha value is -1.38. The maximum Gasteiger partial charge on any atom is 0.257 e. The molecule has 3 heteroatoms. The second-order valence-electron chi connectivity index (χ2n) is 5.97. The van der Waals surface area contributed by atoms with Gasteiger partial charge in [0.25, 0.3) is 5.91 Å². The molecule has 0 aromatic heterocycles. The third kappa shape index (κ3) is 2.65. The summed E-state index contributed by atoms with van der Waals surface area (Å²) in [5.74, 6) is 0.144. The fourth-order valence-corrected chi connectivity index (χ4v) is 2.63. The Morgan fingerprint density at radius 3 is 2.63 bits per heavy atom. The molecule has 0 bridgehead atoms. The molecule has 0 heterocycles. The third-order valence-electron chi connectivity index (χ3n) is 4.28. The molecule has 2 fully saturated rings. The van der Waals surface area contributed by atoms with E-state index < -0.39 is 5.82 Å². The Morgan fingerprint density at radius 2 is 2.05 bits per heavy atom. The van der Waals surface area contributed by atoms with Gasteiger partial charge in [-0.3, -0.25) is 4.79 Å². The minimum Gasteiger partial charge on any atom is -0.335 e. The van der Waals surface area contributed by atoms with Crippen LogP contribution in [0.5, 0.6) is 0 Å². The molecular weight excluding hydrogens is 241 g/mol. The minimum absolute atomic E-state index is 0.113. The van der Waals surface area contributed by atoms with Crippen LogP contribution in [0.2, 0.25) is 0 Å². The molecule has 2 saturated carbocycles. The molecule has 2 aliphatic rings. The second-order valence-corrected chi connectivity index (χ2v) is 5.97. The Labute approximate surface area is 113 Å². The van der Waals surface area contributed by atoms with Crippen molar-refractivity contribution in [3.63, 3.8) is 0 Å². The lowest BCUT2D eigenvalue weighted by Gasteiger charge is -2.38. The number of rotatable bonds is 4. The van der Waals surface area contributed by atoms with Crippen LogP contribution >= 0.6 is 0 Å². The van der Waals surface area contributed by atoms with E-state index in [1.807, 2.05) is 11.8 Å². The van der Waals surface area contributed by atoms with Gasteiger partial charge >= 0.3 is 0 Å². The number of halogens is 1. The molecule has 2 nitrogen and oxygen atoms in total. The van der Waals surface area contributed by atoms with Gasteiger partial charge in [-0.15, -0.1) is 0 Å². The molecule has 0 spiro atoms. The van der Waals surface area contributed by atoms with Crippen LogP contribution in [-0.4, -0.2) is 23.4 Å². The van der Waals surface area contributed by atoms with Gasteiger partial charge in [0.2, 0.25) is 0 Å². The van der Waals surface area contributed by atoms with Gasteiger partial charge in [-0.1, -0.05) is 11.6 Å². The third-order valence-corrected chi connectivity index (χ3v) is 4.28. The van der Waals surface area contributed by atoms with E-state index in [2.05, 4.69) is 0 Å². The molecule has 1 aromatic rings. The summed E-state index contributed by atoms with van der Waals surface area (Å²) in [5, 5.41) is 0. The van der Waals surface area contributed by atoms with E-state index in [0.717, 1.165) is 24.9 Å². The number of carbonyl (C=O) groups excluding carboxylic acids is 1. The average molecular weight is 261 g/mol. The van der Waals surface area contributed by atoms with Crippen molar-refractivity contribution in [2.24, 2.45) is 5.92 Å². The maximum atomic E-state index is 13.9. The van der Waals surface area contributed by atoms with Crippen molar-refractivity contribution >= 4 is 5.91 Å². The Balaban J connectivity index is 1.83. The molecule has 0 aliphatic heterocycles. The average Bonchev–Trinajstić information content (AvgIpc) is 3.12. The van der Waals surface area contributed by atoms with Crippen LogP contribution in [0.4, 0.5) is 4.39 Å². The molecule has 0 atom stereocenters. The summed E-state index contributed by atoms with van der Waals surface area (Å²) in [6.45, 7) is 2.71. The molecule has 1 amide bonds. The summed E-state index contributed by atoms with van der Waals surface area (Å²) in [4.78, 5) is 14.5. The standard InChI is InChI=1S/C16H20FNO/c1-11-5-8-15(17)14(9-11)16(19)18(10-12-6-7-12)13-3-2-4-13/h5,8-9,12-13H,2-4,6-7,10H2,1H3. The molecule has 3 rings (SSSR count). The lowest BCUT2D eigenvalue weighted by molar-refractivity contribution is 0.0561. The first-order valence-electron chi connectivity index (χ1n) is 7.22. The van der Waals surface area contributed by atoms with Crippen molar-refractivity contribution in [3.05, 3.63) is 35.1 Å². The fourth-order valence-electron chi connectivity index (χ4n) is 2.63. The van der Waals surface area contributed by atoms with Crippen molar-refractivity contribution in [1.29, 1.82) is 0 Å². The van der Waals surface area contributed by atoms with Gasteiger partial charge in [-0.25, -0.2) is 4.39 Å². The monoisotopic (exact) mass is 261 g/mol. The summed E-state index contributed by atoms with van der Waals surface area (Å²) in [6, 6.07) is 5.13. The Bertz CT molecular complexity index is 492. The van der Waals surface area contributed by atoms with Gasteiger partial charge in [0.1, 0.15) is 5.82 Å². The summed E-state index contributed by atoms with van der Waals surface area (Å²) in [6.07, 6.45) is 5.77. The van der Waals surface area contributed by atoms with Crippen LogP contribution in [0.1, 0.15) is 48.0 Å². The van der Waals surface area contributed by atoms with Crippen molar-refractivity contribution < 1.29 is 9.18 Å². The van der Waals surface area contributed by atoms with E-state index in [4.69, 9.17) is 0 Å². The van der Waals surface area contributed by atoms with E-state index in [1.165, 1.54) is 25.3 Å². The van der Waals surface area contributed by atoms with Crippen LogP contribution in [0.3, 0.4) is 0 Å². The van der Waals surface area contributed by atoms with Crippen LogP contribution in [0.15, 0.2) is 18.2 Å². The zero-order chi connectivity index (χ0) is 13.4. The van der Waals surface area contributed by atoms with Crippen molar-refractivity contribution in [1.82, 2.24) is 4.90 Å². The predicted octanol–water partition coefficient (Wildman–Crippen LogP) is 3.54. The SMILES string of the molecule is Cc1ccc(F)c(C(=O)N(CC2CC2)C2CCC2)c1. The van der Waals surface area contributed by atoms with Crippen LogP contribution in [0, 0.1) is 18.7 Å². The zero-order valence-electron chi connectivity index (χ0n) is 11.4. The largest absolute Gasteiger partial charge is 0.335 e. The zero-order valence-corrected chi connectivity index (χ0v) is 11.4. The minimum atomic E-state index is -0.393. The number of hydrogen-bond acceptors (Lipinski definition) is 1. The van der Waals surface area contributed by atoms with Crippen LogP contribution in [-0.2, 0) is 0 Å². The Kier molecular flexibility index (Phi) is 3.29. The highest BCUT2D eigenvalue weighted by atomic mass is 19.1. The molecule has 0 N–H and O–H groups in total. The Morgan fingerprint density at radius 1 is 1.32 bits per heavy atom. The number of aryl methyl sites for hydroxylation is 1. The van der Waals surface area contributed by atoms with Gasteiger partial charge in [-0.2, -0.15) is 0 Å². The first-order valence-corrected chi connectivity index (χ1v) is 7.22. The summed E-state index contributed by atoms with van der Waals surface area (Å²) in [7, 11) is 0. The lowest BCUT2D eigenvalue weighted by Crippen LogP contribution is -2.45. The van der Waals surface area contributed by atoms with Crippen molar-refractivity contribution in [2.75, 3.05) is 6.54 Å². The smallest absolute Gasteiger partial charge is 0.257 e. The van der Waals surface area contributed by atoms with E-state index in [0.29, 0.717) is 12.0 Å². The van der Waals surface area contributed by atoms with E-state index in [-0.39, 0.29) is 11.5 Å². The number of nitrogens with zero attached hydrogens (tertiary/aromatic N) is 1. The predicted molar refractivity (Wildman–Crippen MR) is 72.5 cm³/mol. The van der Waals surface area contributed by atoms with E-state index in [1.54, 1.807) is 12.1 Å². The highest BCUT2D eigenvalue weighted by Gasteiger charge is 2.34. The molecular formula is C16H20FNO. The summed E-state index contributed by atoms with van der Waals surface area (Å²) in [5.41, 5.74) is 1.18. The normalized spacial score (nSPS) is 19.1. The highest BCUT2D eigenvalue weighted by Crippen LogP contribution is 2.34. The molecule has 1 aromatic carbocycles. The first-order chi connectivity index (χ1) is 9.15. The van der Waals surface area contributed by atoms with Crippen molar-refractivity contribution in [3.8, 4) is 0 Å². The quantitative estimate of drug-likeness (QED) is 0.811.